The molecular weight excluding hydrogens is 1020 g/mol. The summed E-state index contributed by atoms with van der Waals surface area (Å²) in [6.45, 7) is 4.99. The highest BCUT2D eigenvalue weighted by atomic mass is 16.5. The van der Waals surface area contributed by atoms with Crippen molar-refractivity contribution in [3.8, 4) is 0 Å². The van der Waals surface area contributed by atoms with Gasteiger partial charge in [-0.1, -0.05) is 366 Å². The zero-order chi connectivity index (χ0) is 59.9. The number of unbranched alkanes of at least 4 members (excludes halogenated alkanes) is 57. The molecule has 6 nitrogen and oxygen atoms in total. The van der Waals surface area contributed by atoms with Crippen LogP contribution < -0.4 is 5.32 Å². The van der Waals surface area contributed by atoms with E-state index in [1.54, 1.807) is 0 Å². The SMILES string of the molecule is CCCCCCCCC/C=C\CCCCCCCC(=O)OCCCCCCCCCCCCCC/C=C\CCCCCCCCCCCCCCCCCCC(=O)NC(CO)C(O)CCCCCCCCCCCCCCCCCCCC. The van der Waals surface area contributed by atoms with Gasteiger partial charge in [-0.15, -0.1) is 0 Å². The standard InChI is InChI=1S/C77H149NO5/c1-3-5-7-9-11-13-15-17-19-21-38-41-45-49-53-57-61-65-69-75(80)74(73-79)78-76(81)70-66-62-58-54-50-46-42-39-36-34-32-30-28-26-24-22-23-25-27-29-31-33-35-37-40-44-48-52-56-60-64-68-72-83-77(82)71-67-63-59-55-51-47-43-20-18-16-14-12-10-8-6-4-2/h20,25,27,43,74-75,79-80H,3-19,21-24,26,28-42,44-73H2,1-2H3,(H,78,81)/b27-25-,43-20-. The highest BCUT2D eigenvalue weighted by molar-refractivity contribution is 5.76. The number of hydrogen-bond acceptors (Lipinski definition) is 5. The number of ether oxygens (including phenoxy) is 1. The van der Waals surface area contributed by atoms with E-state index in [1.807, 2.05) is 0 Å². The van der Waals surface area contributed by atoms with E-state index in [0.29, 0.717) is 25.9 Å². The second kappa shape index (κ2) is 72.8. The van der Waals surface area contributed by atoms with Crippen LogP contribution in [0.15, 0.2) is 24.3 Å². The summed E-state index contributed by atoms with van der Waals surface area (Å²) >= 11 is 0. The van der Waals surface area contributed by atoms with Crippen LogP contribution in [-0.2, 0) is 14.3 Å². The average Bonchev–Trinajstić information content (AvgIpc) is 3.49. The van der Waals surface area contributed by atoms with Crippen molar-refractivity contribution >= 4 is 11.9 Å². The Hall–Kier alpha value is -1.66. The molecule has 0 aliphatic heterocycles. The number of carbonyl (C=O) groups excluding carboxylic acids is 2. The fourth-order valence-corrected chi connectivity index (χ4v) is 12.2. The predicted octanol–water partition coefficient (Wildman–Crippen LogP) is 24.9. The van der Waals surface area contributed by atoms with Gasteiger partial charge in [-0.05, 0) is 77.0 Å². The molecule has 0 aliphatic rings. The predicted molar refractivity (Wildman–Crippen MR) is 366 cm³/mol. The van der Waals surface area contributed by atoms with Crippen molar-refractivity contribution in [2.45, 2.75) is 443 Å². The first-order valence-corrected chi connectivity index (χ1v) is 38.1. The van der Waals surface area contributed by atoms with Crippen molar-refractivity contribution in [2.24, 2.45) is 0 Å². The van der Waals surface area contributed by atoms with E-state index >= 15 is 0 Å². The van der Waals surface area contributed by atoms with Crippen molar-refractivity contribution in [1.29, 1.82) is 0 Å². The van der Waals surface area contributed by atoms with E-state index in [2.05, 4.69) is 43.5 Å². The molecule has 0 aromatic carbocycles. The lowest BCUT2D eigenvalue weighted by molar-refractivity contribution is -0.143. The Labute approximate surface area is 520 Å². The van der Waals surface area contributed by atoms with E-state index in [1.165, 1.54) is 353 Å². The van der Waals surface area contributed by atoms with Gasteiger partial charge in [-0.3, -0.25) is 9.59 Å². The van der Waals surface area contributed by atoms with Crippen LogP contribution in [0.25, 0.3) is 0 Å². The Morgan fingerprint density at radius 1 is 0.325 bits per heavy atom. The van der Waals surface area contributed by atoms with Gasteiger partial charge in [0.1, 0.15) is 0 Å². The fourth-order valence-electron chi connectivity index (χ4n) is 12.2. The second-order valence-corrected chi connectivity index (χ2v) is 26.3. The molecule has 0 saturated heterocycles. The molecule has 0 heterocycles. The molecule has 0 spiro atoms. The van der Waals surface area contributed by atoms with Crippen LogP contribution in [0.5, 0.6) is 0 Å². The summed E-state index contributed by atoms with van der Waals surface area (Å²) in [5.74, 6) is -0.0164. The Morgan fingerprint density at radius 3 is 0.855 bits per heavy atom. The number of hydrogen-bond donors (Lipinski definition) is 3. The van der Waals surface area contributed by atoms with Gasteiger partial charge < -0.3 is 20.3 Å². The largest absolute Gasteiger partial charge is 0.466 e. The van der Waals surface area contributed by atoms with E-state index in [9.17, 15) is 19.8 Å². The first-order chi connectivity index (χ1) is 41.0. The molecule has 0 saturated carbocycles. The van der Waals surface area contributed by atoms with Gasteiger partial charge in [0.25, 0.3) is 0 Å². The summed E-state index contributed by atoms with van der Waals surface area (Å²) in [7, 11) is 0. The molecule has 492 valence electrons. The maximum Gasteiger partial charge on any atom is 0.305 e. The van der Waals surface area contributed by atoms with E-state index in [4.69, 9.17) is 4.74 Å². The molecule has 83 heavy (non-hydrogen) atoms. The molecule has 0 radical (unpaired) electrons. The molecular formula is C77H149NO5. The monoisotopic (exact) mass is 1170 g/mol. The van der Waals surface area contributed by atoms with Crippen LogP contribution in [0, 0.1) is 0 Å². The van der Waals surface area contributed by atoms with Gasteiger partial charge in [0.05, 0.1) is 25.4 Å². The van der Waals surface area contributed by atoms with E-state index in [-0.39, 0.29) is 18.5 Å². The molecule has 1 amide bonds. The van der Waals surface area contributed by atoms with Crippen molar-refractivity contribution in [3.05, 3.63) is 24.3 Å². The molecule has 0 rings (SSSR count). The van der Waals surface area contributed by atoms with Crippen LogP contribution in [-0.4, -0.2) is 47.4 Å². The lowest BCUT2D eigenvalue weighted by atomic mass is 10.0. The zero-order valence-electron chi connectivity index (χ0n) is 56.5. The molecule has 0 bridgehead atoms. The summed E-state index contributed by atoms with van der Waals surface area (Å²) in [4.78, 5) is 24.6. The quantitative estimate of drug-likeness (QED) is 0.0320. The molecule has 6 heteroatoms. The summed E-state index contributed by atoms with van der Waals surface area (Å²) in [5, 5.41) is 23.4. The normalized spacial score (nSPS) is 12.6. The highest BCUT2D eigenvalue weighted by Gasteiger charge is 2.20. The topological polar surface area (TPSA) is 95.9 Å². The highest BCUT2D eigenvalue weighted by Crippen LogP contribution is 2.19. The maximum atomic E-state index is 12.5. The maximum absolute atomic E-state index is 12.5. The lowest BCUT2D eigenvalue weighted by Crippen LogP contribution is -2.45. The van der Waals surface area contributed by atoms with Gasteiger partial charge in [-0.25, -0.2) is 0 Å². The van der Waals surface area contributed by atoms with Crippen molar-refractivity contribution < 1.29 is 24.5 Å². The Bertz CT molecular complexity index is 1300. The molecule has 2 unspecified atom stereocenters. The van der Waals surface area contributed by atoms with Gasteiger partial charge in [-0.2, -0.15) is 0 Å². The third kappa shape index (κ3) is 69.3. The lowest BCUT2D eigenvalue weighted by Gasteiger charge is -2.22. The van der Waals surface area contributed by atoms with Crippen LogP contribution in [0.4, 0.5) is 0 Å². The number of esters is 1. The third-order valence-corrected chi connectivity index (χ3v) is 18.0. The minimum Gasteiger partial charge on any atom is -0.466 e. The number of amides is 1. The molecule has 0 aromatic rings. The van der Waals surface area contributed by atoms with Crippen molar-refractivity contribution in [3.63, 3.8) is 0 Å². The Balaban J connectivity index is 3.35. The summed E-state index contributed by atoms with van der Waals surface area (Å²) < 4.78 is 5.50. The minimum atomic E-state index is -0.663. The number of aliphatic hydroxyl groups is 2. The average molecular weight is 1170 g/mol. The van der Waals surface area contributed by atoms with Gasteiger partial charge in [0.2, 0.25) is 5.91 Å². The zero-order valence-corrected chi connectivity index (χ0v) is 56.5. The Kier molecular flexibility index (Phi) is 71.4. The molecule has 2 atom stereocenters. The van der Waals surface area contributed by atoms with Crippen LogP contribution in [0.3, 0.4) is 0 Å². The first kappa shape index (κ1) is 81.3. The Morgan fingerprint density at radius 2 is 0.566 bits per heavy atom. The van der Waals surface area contributed by atoms with E-state index < -0.39 is 12.1 Å². The van der Waals surface area contributed by atoms with Crippen molar-refractivity contribution in [2.75, 3.05) is 13.2 Å². The van der Waals surface area contributed by atoms with Crippen LogP contribution in [0.1, 0.15) is 431 Å². The summed E-state index contributed by atoms with van der Waals surface area (Å²) in [5.41, 5.74) is 0. The molecule has 0 aliphatic carbocycles. The van der Waals surface area contributed by atoms with E-state index in [0.717, 1.165) is 44.9 Å². The smallest absolute Gasteiger partial charge is 0.305 e. The van der Waals surface area contributed by atoms with Crippen LogP contribution in [0.2, 0.25) is 0 Å². The van der Waals surface area contributed by atoms with Gasteiger partial charge >= 0.3 is 5.97 Å². The third-order valence-electron chi connectivity index (χ3n) is 18.0. The number of aliphatic hydroxyl groups excluding tert-OH is 2. The van der Waals surface area contributed by atoms with Crippen LogP contribution >= 0.6 is 0 Å². The fraction of sp³-hybridized carbons (Fsp3) is 0.922. The number of carbonyl (C=O) groups is 2. The molecule has 3 N–H and O–H groups in total. The van der Waals surface area contributed by atoms with Gasteiger partial charge in [0, 0.05) is 12.8 Å². The first-order valence-electron chi connectivity index (χ1n) is 38.1. The second-order valence-electron chi connectivity index (χ2n) is 26.3. The number of allylic oxidation sites excluding steroid dienone is 4. The van der Waals surface area contributed by atoms with Crippen molar-refractivity contribution in [1.82, 2.24) is 5.32 Å². The number of nitrogens with one attached hydrogen (secondary N) is 1. The summed E-state index contributed by atoms with van der Waals surface area (Å²) in [6.07, 6.45) is 92.5. The minimum absolute atomic E-state index is 0.0117. The molecule has 0 fully saturated rings. The summed E-state index contributed by atoms with van der Waals surface area (Å²) in [6, 6.07) is -0.540. The molecule has 0 aromatic heterocycles. The van der Waals surface area contributed by atoms with Gasteiger partial charge in [0.15, 0.2) is 0 Å². The number of rotatable bonds is 72.